The summed E-state index contributed by atoms with van der Waals surface area (Å²) in [6.45, 7) is 12.7. The van der Waals surface area contributed by atoms with Gasteiger partial charge in [0.05, 0.1) is 29.0 Å². The van der Waals surface area contributed by atoms with E-state index in [9.17, 15) is 25.9 Å². The van der Waals surface area contributed by atoms with Crippen LogP contribution in [0.3, 0.4) is 0 Å². The van der Waals surface area contributed by atoms with Gasteiger partial charge >= 0.3 is 0 Å². The largest absolute Gasteiger partial charge is 0.382 e. The van der Waals surface area contributed by atoms with Gasteiger partial charge in [-0.3, -0.25) is 9.11 Å². The summed E-state index contributed by atoms with van der Waals surface area (Å²) >= 11 is 0. The second-order valence-electron chi connectivity index (χ2n) is 9.09. The van der Waals surface area contributed by atoms with Gasteiger partial charge in [0.15, 0.2) is 23.1 Å². The molecular formula is C22H21N9O6S2. The van der Waals surface area contributed by atoms with Crippen LogP contribution in [0.4, 0.5) is 23.0 Å². The topological polar surface area (TPSA) is 212 Å². The van der Waals surface area contributed by atoms with Gasteiger partial charge in [0.1, 0.15) is 4.90 Å². The third-order valence-electron chi connectivity index (χ3n) is 5.30. The quantitative estimate of drug-likeness (QED) is 0.173. The average molecular weight is 572 g/mol. The molecule has 3 heterocycles. The summed E-state index contributed by atoms with van der Waals surface area (Å²) in [6.07, 6.45) is 2.81. The highest BCUT2D eigenvalue weighted by molar-refractivity contribution is 7.86. The molecule has 0 aliphatic carbocycles. The number of azo groups is 1. The van der Waals surface area contributed by atoms with Crippen LogP contribution in [0, 0.1) is 6.57 Å². The van der Waals surface area contributed by atoms with E-state index in [4.69, 9.17) is 12.3 Å². The van der Waals surface area contributed by atoms with Crippen molar-refractivity contribution < 1.29 is 25.9 Å². The summed E-state index contributed by atoms with van der Waals surface area (Å²) in [5.41, 5.74) is 5.37. The highest BCUT2D eigenvalue weighted by Crippen LogP contribution is 2.40. The lowest BCUT2D eigenvalue weighted by atomic mass is 9.91. The molecule has 202 valence electrons. The summed E-state index contributed by atoms with van der Waals surface area (Å²) in [5.74, 6) is 0.123. The van der Waals surface area contributed by atoms with Crippen molar-refractivity contribution in [2.24, 2.45) is 10.2 Å². The molecule has 0 amide bonds. The lowest BCUT2D eigenvalue weighted by molar-refractivity contribution is 0.477. The van der Waals surface area contributed by atoms with Gasteiger partial charge in [0.25, 0.3) is 25.9 Å². The van der Waals surface area contributed by atoms with Gasteiger partial charge in [-0.1, -0.05) is 26.8 Å². The van der Waals surface area contributed by atoms with E-state index in [0.717, 1.165) is 22.9 Å². The molecule has 0 saturated carbocycles. The zero-order valence-electron chi connectivity index (χ0n) is 20.6. The van der Waals surface area contributed by atoms with Gasteiger partial charge in [0, 0.05) is 11.6 Å². The van der Waals surface area contributed by atoms with Crippen LogP contribution in [-0.2, 0) is 25.7 Å². The summed E-state index contributed by atoms with van der Waals surface area (Å²) in [5, 5.41) is 16.9. The predicted octanol–water partition coefficient (Wildman–Crippen LogP) is 3.79. The van der Waals surface area contributed by atoms with E-state index in [1.807, 2.05) is 0 Å². The minimum absolute atomic E-state index is 0.0225. The number of aromatic nitrogens is 5. The summed E-state index contributed by atoms with van der Waals surface area (Å²) < 4.78 is 69.1. The minimum atomic E-state index is -4.89. The van der Waals surface area contributed by atoms with Crippen molar-refractivity contribution >= 4 is 43.2 Å². The molecule has 4 aromatic rings. The maximum atomic E-state index is 12.1. The molecule has 0 spiro atoms. The van der Waals surface area contributed by atoms with Crippen molar-refractivity contribution in [2.45, 2.75) is 36.0 Å². The van der Waals surface area contributed by atoms with Crippen LogP contribution in [0.15, 0.2) is 68.8 Å². The van der Waals surface area contributed by atoms with Crippen LogP contribution in [0.25, 0.3) is 16.4 Å². The third kappa shape index (κ3) is 5.39. The molecule has 0 radical (unpaired) electrons. The third-order valence-corrected chi connectivity index (χ3v) is 7.05. The van der Waals surface area contributed by atoms with E-state index >= 15 is 0 Å². The summed E-state index contributed by atoms with van der Waals surface area (Å²) in [6, 6.07) is 7.45. The first-order valence-electron chi connectivity index (χ1n) is 10.9. The number of pyridine rings is 1. The smallest absolute Gasteiger partial charge is 0.296 e. The first-order chi connectivity index (χ1) is 18.1. The number of hydrogen-bond donors (Lipinski definition) is 3. The Labute approximate surface area is 223 Å². The van der Waals surface area contributed by atoms with E-state index in [2.05, 4.69) is 30.3 Å². The van der Waals surface area contributed by atoms with Crippen molar-refractivity contribution in [1.82, 2.24) is 24.5 Å². The number of benzene rings is 1. The highest BCUT2D eigenvalue weighted by atomic mass is 32.2. The van der Waals surface area contributed by atoms with Crippen molar-refractivity contribution in [2.75, 3.05) is 5.73 Å². The predicted molar refractivity (Wildman–Crippen MR) is 138 cm³/mol. The molecule has 0 aliphatic rings. The molecule has 0 bridgehead atoms. The Bertz CT molecular complexity index is 1860. The zero-order valence-corrected chi connectivity index (χ0v) is 22.3. The first-order valence-corrected chi connectivity index (χ1v) is 13.8. The number of rotatable bonds is 6. The molecule has 0 saturated heterocycles. The zero-order chi connectivity index (χ0) is 28.8. The van der Waals surface area contributed by atoms with Crippen molar-refractivity contribution in [3.05, 3.63) is 65.9 Å². The molecule has 4 N–H and O–H groups in total. The van der Waals surface area contributed by atoms with Crippen LogP contribution >= 0.6 is 0 Å². The van der Waals surface area contributed by atoms with Crippen LogP contribution in [0.2, 0.25) is 0 Å². The highest BCUT2D eigenvalue weighted by Gasteiger charge is 2.30. The fraction of sp³-hybridized carbons (Fsp3) is 0.182. The van der Waals surface area contributed by atoms with Crippen LogP contribution in [0.5, 0.6) is 0 Å². The second kappa shape index (κ2) is 9.67. The van der Waals surface area contributed by atoms with Crippen molar-refractivity contribution in [3.8, 4) is 11.5 Å². The maximum absolute atomic E-state index is 12.1. The molecule has 0 aliphatic heterocycles. The van der Waals surface area contributed by atoms with E-state index in [1.165, 1.54) is 17.1 Å². The fourth-order valence-corrected chi connectivity index (χ4v) is 4.65. The van der Waals surface area contributed by atoms with Crippen molar-refractivity contribution in [3.63, 3.8) is 0 Å². The first kappa shape index (κ1) is 27.5. The standard InChI is InChI=1S/C22H21N9O6S2/c1-22(2,3)19-18(27-28-21-14(24-4)12-26-31(21)17-7-5-6-10-25-17)20(23)30(29-19)15-11-13(38(32,33)34)8-9-16(15)39(35,36)37/h5-12H,23H2,1-3H3,(H,32,33,34)(H,35,36,37). The Morgan fingerprint density at radius 3 is 2.31 bits per heavy atom. The molecule has 0 fully saturated rings. The average Bonchev–Trinajstić information content (AvgIpc) is 3.42. The Morgan fingerprint density at radius 2 is 1.74 bits per heavy atom. The molecule has 39 heavy (non-hydrogen) atoms. The Kier molecular flexibility index (Phi) is 6.82. The van der Waals surface area contributed by atoms with Crippen LogP contribution in [-0.4, -0.2) is 50.5 Å². The van der Waals surface area contributed by atoms with Gasteiger partial charge in [-0.05, 0) is 30.3 Å². The summed E-state index contributed by atoms with van der Waals surface area (Å²) in [7, 11) is -9.65. The molecular weight excluding hydrogens is 550 g/mol. The van der Waals surface area contributed by atoms with E-state index in [1.54, 1.807) is 39.0 Å². The van der Waals surface area contributed by atoms with E-state index < -0.39 is 41.1 Å². The monoisotopic (exact) mass is 571 g/mol. The minimum Gasteiger partial charge on any atom is -0.382 e. The molecule has 1 aromatic carbocycles. The van der Waals surface area contributed by atoms with Crippen molar-refractivity contribution in [1.29, 1.82) is 0 Å². The van der Waals surface area contributed by atoms with Gasteiger partial charge in [-0.25, -0.2) is 19.2 Å². The van der Waals surface area contributed by atoms with Gasteiger partial charge in [-0.15, -0.1) is 10.2 Å². The maximum Gasteiger partial charge on any atom is 0.296 e. The van der Waals surface area contributed by atoms with E-state index in [-0.39, 0.29) is 28.7 Å². The van der Waals surface area contributed by atoms with E-state index in [0.29, 0.717) is 5.82 Å². The van der Waals surface area contributed by atoms with Crippen LogP contribution in [0.1, 0.15) is 26.5 Å². The lowest BCUT2D eigenvalue weighted by Gasteiger charge is -2.15. The molecule has 4 rings (SSSR count). The molecule has 3 aromatic heterocycles. The number of nitrogens with zero attached hydrogens (tertiary/aromatic N) is 8. The Hall–Kier alpha value is -4.50. The number of nitrogens with two attached hydrogens (primary N) is 1. The molecule has 17 heteroatoms. The van der Waals surface area contributed by atoms with Gasteiger partial charge in [0.2, 0.25) is 0 Å². The van der Waals surface area contributed by atoms with Gasteiger partial charge in [-0.2, -0.15) is 27.0 Å². The van der Waals surface area contributed by atoms with Gasteiger partial charge < -0.3 is 5.73 Å². The molecule has 15 nitrogen and oxygen atoms in total. The second-order valence-corrected chi connectivity index (χ2v) is 11.9. The number of hydrogen-bond acceptors (Lipinski definition) is 10. The summed E-state index contributed by atoms with van der Waals surface area (Å²) in [4.78, 5) is 6.21. The molecule has 0 unspecified atom stereocenters. The normalized spacial score (nSPS) is 12.6. The molecule has 0 atom stereocenters. The SMILES string of the molecule is [C-]#[N+]c1cnn(-c2ccccn2)c1N=Nc1c(C(C)(C)C)nn(-c2cc(S(=O)(=O)O)ccc2S(=O)(=O)O)c1N. The fourth-order valence-electron chi connectivity index (χ4n) is 3.50. The number of anilines is 1. The Balaban J connectivity index is 1.97. The lowest BCUT2D eigenvalue weighted by Crippen LogP contribution is -2.14. The van der Waals surface area contributed by atoms with Crippen LogP contribution < -0.4 is 5.73 Å². The Morgan fingerprint density at radius 1 is 1.03 bits per heavy atom. The number of nitrogen functional groups attached to an aromatic ring is 1.